The summed E-state index contributed by atoms with van der Waals surface area (Å²) in [5.74, 6) is 0.798. The Morgan fingerprint density at radius 2 is 1.89 bits per heavy atom. The molecule has 0 saturated heterocycles. The summed E-state index contributed by atoms with van der Waals surface area (Å²) in [6, 6.07) is 2.26. The van der Waals surface area contributed by atoms with Gasteiger partial charge in [0.05, 0.1) is 6.07 Å². The van der Waals surface area contributed by atoms with Gasteiger partial charge in [0.2, 0.25) is 0 Å². The second-order valence-electron chi connectivity index (χ2n) is 7.73. The van der Waals surface area contributed by atoms with Crippen LogP contribution in [0.4, 0.5) is 0 Å². The smallest absolute Gasteiger partial charge is 0.0621 e. The fraction of sp³-hybridized carbons (Fsp3) is 0.941. The molecule has 0 aromatic heterocycles. The number of hydrogen-bond donors (Lipinski definition) is 1. The summed E-state index contributed by atoms with van der Waals surface area (Å²) in [7, 11) is 0. The van der Waals surface area contributed by atoms with Crippen molar-refractivity contribution in [3.63, 3.8) is 0 Å². The van der Waals surface area contributed by atoms with Crippen molar-refractivity contribution in [2.24, 2.45) is 16.7 Å². The Labute approximate surface area is 120 Å². The highest BCUT2D eigenvalue weighted by Crippen LogP contribution is 2.42. The van der Waals surface area contributed by atoms with Gasteiger partial charge < -0.3 is 5.32 Å². The Kier molecular flexibility index (Phi) is 6.33. The van der Waals surface area contributed by atoms with Crippen molar-refractivity contribution in [2.45, 2.75) is 72.6 Å². The molecule has 2 heteroatoms. The number of nitrogens with zero attached hydrogens (tertiary/aromatic N) is 1. The first-order chi connectivity index (χ1) is 8.89. The van der Waals surface area contributed by atoms with E-state index in [1.165, 1.54) is 38.6 Å². The Hall–Kier alpha value is -0.550. The molecule has 1 saturated carbocycles. The van der Waals surface area contributed by atoms with Gasteiger partial charge >= 0.3 is 0 Å². The third-order valence-corrected chi connectivity index (χ3v) is 4.52. The first kappa shape index (κ1) is 16.5. The quantitative estimate of drug-likeness (QED) is 0.700. The molecule has 0 unspecified atom stereocenters. The van der Waals surface area contributed by atoms with Crippen molar-refractivity contribution in [1.82, 2.24) is 5.32 Å². The minimum absolute atomic E-state index is 0.243. The number of nitriles is 1. The van der Waals surface area contributed by atoms with Gasteiger partial charge in [-0.3, -0.25) is 0 Å². The molecule has 0 amide bonds. The second kappa shape index (κ2) is 7.29. The minimum atomic E-state index is 0.243. The van der Waals surface area contributed by atoms with Crippen LogP contribution in [0, 0.1) is 28.1 Å². The third kappa shape index (κ3) is 5.95. The van der Waals surface area contributed by atoms with Gasteiger partial charge in [0.25, 0.3) is 0 Å². The maximum absolute atomic E-state index is 8.70. The lowest BCUT2D eigenvalue weighted by atomic mass is 9.78. The molecule has 1 rings (SSSR count). The lowest BCUT2D eigenvalue weighted by Gasteiger charge is -2.33. The summed E-state index contributed by atoms with van der Waals surface area (Å²) in [4.78, 5) is 0. The molecule has 0 atom stereocenters. The largest absolute Gasteiger partial charge is 0.316 e. The van der Waals surface area contributed by atoms with Gasteiger partial charge in [-0.25, -0.2) is 0 Å². The lowest BCUT2D eigenvalue weighted by molar-refractivity contribution is 0.207. The Morgan fingerprint density at radius 3 is 2.42 bits per heavy atom. The first-order valence-electron chi connectivity index (χ1n) is 7.97. The fourth-order valence-corrected chi connectivity index (χ4v) is 3.59. The summed E-state index contributed by atoms with van der Waals surface area (Å²) in [5.41, 5.74) is 0.798. The van der Waals surface area contributed by atoms with E-state index in [0.29, 0.717) is 11.8 Å². The average Bonchev–Trinajstić information content (AvgIpc) is 2.74. The highest BCUT2D eigenvalue weighted by Gasteiger charge is 2.34. The van der Waals surface area contributed by atoms with E-state index in [-0.39, 0.29) is 5.41 Å². The van der Waals surface area contributed by atoms with E-state index in [2.05, 4.69) is 39.1 Å². The highest BCUT2D eigenvalue weighted by atomic mass is 14.9. The van der Waals surface area contributed by atoms with E-state index in [9.17, 15) is 0 Å². The van der Waals surface area contributed by atoms with Crippen LogP contribution in [0.25, 0.3) is 0 Å². The van der Waals surface area contributed by atoms with Crippen molar-refractivity contribution in [1.29, 1.82) is 5.26 Å². The number of nitrogens with one attached hydrogen (secondary N) is 1. The van der Waals surface area contributed by atoms with Crippen LogP contribution in [0.5, 0.6) is 0 Å². The fourth-order valence-electron chi connectivity index (χ4n) is 3.59. The Balaban J connectivity index is 2.38. The average molecular weight is 264 g/mol. The minimum Gasteiger partial charge on any atom is -0.316 e. The van der Waals surface area contributed by atoms with E-state index in [4.69, 9.17) is 5.26 Å². The molecule has 0 heterocycles. The lowest BCUT2D eigenvalue weighted by Crippen LogP contribution is -2.38. The van der Waals surface area contributed by atoms with Gasteiger partial charge in [0.15, 0.2) is 0 Å². The molecular weight excluding hydrogens is 232 g/mol. The zero-order valence-electron chi connectivity index (χ0n) is 13.4. The summed E-state index contributed by atoms with van der Waals surface area (Å²) >= 11 is 0. The molecule has 0 radical (unpaired) electrons. The van der Waals surface area contributed by atoms with Crippen LogP contribution in [-0.4, -0.2) is 13.1 Å². The molecule has 2 nitrogen and oxygen atoms in total. The van der Waals surface area contributed by atoms with Gasteiger partial charge in [0.1, 0.15) is 0 Å². The standard InChI is InChI=1S/C17H32N2/c1-15(2)12-17(9-5-6-10-17)14-19-13-16(3,4)8-7-11-18/h15,19H,5-10,12-14H2,1-4H3. The van der Waals surface area contributed by atoms with Crippen LogP contribution >= 0.6 is 0 Å². The van der Waals surface area contributed by atoms with E-state index in [1.807, 2.05) is 0 Å². The van der Waals surface area contributed by atoms with Crippen LogP contribution in [-0.2, 0) is 0 Å². The number of rotatable bonds is 8. The maximum Gasteiger partial charge on any atom is 0.0621 e. The van der Waals surface area contributed by atoms with Gasteiger partial charge in [-0.1, -0.05) is 40.5 Å². The molecule has 0 spiro atoms. The van der Waals surface area contributed by atoms with Crippen molar-refractivity contribution >= 4 is 0 Å². The van der Waals surface area contributed by atoms with Crippen LogP contribution in [0.15, 0.2) is 0 Å². The van der Waals surface area contributed by atoms with E-state index in [0.717, 1.165) is 18.9 Å². The second-order valence-corrected chi connectivity index (χ2v) is 7.73. The topological polar surface area (TPSA) is 35.8 Å². The van der Waals surface area contributed by atoms with E-state index >= 15 is 0 Å². The van der Waals surface area contributed by atoms with E-state index in [1.54, 1.807) is 0 Å². The summed E-state index contributed by atoms with van der Waals surface area (Å²) in [6.45, 7) is 11.4. The molecule has 0 aliphatic heterocycles. The normalized spacial score (nSPS) is 18.7. The predicted molar refractivity (Wildman–Crippen MR) is 81.9 cm³/mol. The molecule has 0 aromatic rings. The SMILES string of the molecule is CC(C)CC1(CNCC(C)(C)CCC#N)CCCC1. The molecule has 0 aromatic carbocycles. The van der Waals surface area contributed by atoms with Gasteiger partial charge in [-0.2, -0.15) is 5.26 Å². The molecule has 1 aliphatic carbocycles. The summed E-state index contributed by atoms with van der Waals surface area (Å²) in [5, 5.41) is 12.4. The summed E-state index contributed by atoms with van der Waals surface area (Å²) in [6.07, 6.45) is 8.64. The zero-order chi connectivity index (χ0) is 14.4. The molecular formula is C17H32N2. The van der Waals surface area contributed by atoms with Gasteiger partial charge in [-0.15, -0.1) is 0 Å². The predicted octanol–water partition coefficient (Wildman–Crippen LogP) is 4.51. The monoisotopic (exact) mass is 264 g/mol. The van der Waals surface area contributed by atoms with Crippen molar-refractivity contribution in [3.05, 3.63) is 0 Å². The van der Waals surface area contributed by atoms with Gasteiger partial charge in [0, 0.05) is 19.5 Å². The van der Waals surface area contributed by atoms with Crippen molar-refractivity contribution in [2.75, 3.05) is 13.1 Å². The van der Waals surface area contributed by atoms with Crippen LogP contribution in [0.3, 0.4) is 0 Å². The molecule has 1 fully saturated rings. The molecule has 110 valence electrons. The maximum atomic E-state index is 8.70. The summed E-state index contributed by atoms with van der Waals surface area (Å²) < 4.78 is 0. The van der Waals surface area contributed by atoms with E-state index < -0.39 is 0 Å². The Bertz CT molecular complexity index is 293. The molecule has 19 heavy (non-hydrogen) atoms. The van der Waals surface area contributed by atoms with Crippen molar-refractivity contribution in [3.8, 4) is 6.07 Å². The van der Waals surface area contributed by atoms with Crippen LogP contribution in [0.1, 0.15) is 72.6 Å². The van der Waals surface area contributed by atoms with Crippen molar-refractivity contribution < 1.29 is 0 Å². The van der Waals surface area contributed by atoms with Gasteiger partial charge in [-0.05, 0) is 42.4 Å². The van der Waals surface area contributed by atoms with Crippen LogP contribution < -0.4 is 5.32 Å². The number of hydrogen-bond acceptors (Lipinski definition) is 2. The third-order valence-electron chi connectivity index (χ3n) is 4.52. The molecule has 1 aliphatic rings. The Morgan fingerprint density at radius 1 is 1.26 bits per heavy atom. The van der Waals surface area contributed by atoms with Crippen LogP contribution in [0.2, 0.25) is 0 Å². The highest BCUT2D eigenvalue weighted by molar-refractivity contribution is 4.88. The molecule has 0 bridgehead atoms. The first-order valence-corrected chi connectivity index (χ1v) is 7.97. The molecule has 1 N–H and O–H groups in total. The zero-order valence-corrected chi connectivity index (χ0v) is 13.4.